The zero-order chi connectivity index (χ0) is 20.3. The van der Waals surface area contributed by atoms with E-state index >= 15 is 0 Å². The minimum absolute atomic E-state index is 0.0954. The Morgan fingerprint density at radius 2 is 1.69 bits per heavy atom. The number of rotatable bonds is 8. The van der Waals surface area contributed by atoms with Crippen molar-refractivity contribution in [3.8, 4) is 17.2 Å². The van der Waals surface area contributed by atoms with Crippen LogP contribution < -0.4 is 13.9 Å². The van der Waals surface area contributed by atoms with Gasteiger partial charge in [-0.05, 0) is 24.1 Å². The molecule has 6 heteroatoms. The third kappa shape index (κ3) is 4.66. The van der Waals surface area contributed by atoms with Gasteiger partial charge >= 0.3 is 0 Å². The summed E-state index contributed by atoms with van der Waals surface area (Å²) in [7, 11) is 0.673. The highest BCUT2D eigenvalue weighted by atomic mass is 28.4. The highest BCUT2D eigenvalue weighted by Crippen LogP contribution is 2.44. The van der Waals surface area contributed by atoms with Gasteiger partial charge in [-0.2, -0.15) is 0 Å². The highest BCUT2D eigenvalue weighted by Gasteiger charge is 2.41. The SMILES string of the molecule is COc1cc(OC)c(C(=O)CC(C)C)c(O[Si](C)(C)C(C)(C)C)c1C=O. The first-order chi connectivity index (χ1) is 11.9. The van der Waals surface area contributed by atoms with Crippen molar-refractivity contribution in [3.05, 3.63) is 17.2 Å². The number of Topliss-reactive ketones (excluding diaryl/α,β-unsaturated/α-hetero) is 1. The van der Waals surface area contributed by atoms with Gasteiger partial charge in [-0.1, -0.05) is 34.6 Å². The molecule has 0 fully saturated rings. The summed E-state index contributed by atoms with van der Waals surface area (Å²) in [6.07, 6.45) is 1.03. The average Bonchev–Trinajstić information content (AvgIpc) is 2.51. The van der Waals surface area contributed by atoms with Crippen molar-refractivity contribution in [2.75, 3.05) is 14.2 Å². The van der Waals surface area contributed by atoms with Crippen LogP contribution in [-0.2, 0) is 0 Å². The third-order valence-corrected chi connectivity index (χ3v) is 9.17. The van der Waals surface area contributed by atoms with Crippen LogP contribution >= 0.6 is 0 Å². The van der Waals surface area contributed by atoms with Gasteiger partial charge in [-0.15, -0.1) is 0 Å². The molecular weight excluding hydrogens is 348 g/mol. The molecule has 0 aliphatic rings. The molecule has 0 aliphatic heterocycles. The molecule has 1 aromatic rings. The number of ether oxygens (including phenoxy) is 2. The van der Waals surface area contributed by atoms with Crippen LogP contribution in [0, 0.1) is 5.92 Å². The van der Waals surface area contributed by atoms with Crippen LogP contribution in [0.3, 0.4) is 0 Å². The van der Waals surface area contributed by atoms with Gasteiger partial charge in [0.25, 0.3) is 8.32 Å². The van der Waals surface area contributed by atoms with E-state index in [1.54, 1.807) is 6.07 Å². The second-order valence-electron chi connectivity index (χ2n) is 8.40. The maximum atomic E-state index is 13.0. The van der Waals surface area contributed by atoms with Crippen molar-refractivity contribution in [2.45, 2.75) is 59.2 Å². The summed E-state index contributed by atoms with van der Waals surface area (Å²) in [6.45, 7) is 14.4. The van der Waals surface area contributed by atoms with Crippen LogP contribution in [-0.4, -0.2) is 34.6 Å². The van der Waals surface area contributed by atoms with Crippen LogP contribution in [0.25, 0.3) is 0 Å². The van der Waals surface area contributed by atoms with Crippen molar-refractivity contribution < 1.29 is 23.5 Å². The van der Waals surface area contributed by atoms with E-state index in [0.717, 1.165) is 0 Å². The lowest BCUT2D eigenvalue weighted by Crippen LogP contribution is -2.44. The molecular formula is C20H32O5Si. The van der Waals surface area contributed by atoms with Crippen molar-refractivity contribution in [3.63, 3.8) is 0 Å². The molecule has 0 spiro atoms. The molecule has 26 heavy (non-hydrogen) atoms. The molecule has 5 nitrogen and oxygen atoms in total. The Labute approximate surface area is 158 Å². The van der Waals surface area contributed by atoms with Gasteiger partial charge in [0.05, 0.1) is 19.8 Å². The van der Waals surface area contributed by atoms with Crippen LogP contribution in [0.15, 0.2) is 6.07 Å². The first kappa shape index (κ1) is 22.2. The Balaban J connectivity index is 3.75. The molecule has 1 rings (SSSR count). The molecule has 146 valence electrons. The lowest BCUT2D eigenvalue weighted by molar-refractivity contribution is 0.0963. The highest BCUT2D eigenvalue weighted by molar-refractivity contribution is 6.74. The van der Waals surface area contributed by atoms with Crippen LogP contribution in [0.1, 0.15) is 61.8 Å². The van der Waals surface area contributed by atoms with Crippen molar-refractivity contribution in [1.82, 2.24) is 0 Å². The van der Waals surface area contributed by atoms with Gasteiger partial charge in [-0.25, -0.2) is 0 Å². The fourth-order valence-electron chi connectivity index (χ4n) is 2.32. The number of carbonyl (C=O) groups is 2. The Kier molecular flexibility index (Phi) is 7.05. The van der Waals surface area contributed by atoms with E-state index in [9.17, 15) is 9.59 Å². The fourth-order valence-corrected chi connectivity index (χ4v) is 3.35. The van der Waals surface area contributed by atoms with Crippen molar-refractivity contribution in [2.24, 2.45) is 5.92 Å². The molecule has 0 bridgehead atoms. The maximum absolute atomic E-state index is 13.0. The summed E-state index contributed by atoms with van der Waals surface area (Å²) in [6, 6.07) is 1.58. The molecule has 0 aromatic heterocycles. The van der Waals surface area contributed by atoms with Crippen molar-refractivity contribution in [1.29, 1.82) is 0 Å². The zero-order valence-electron chi connectivity index (χ0n) is 17.5. The Hall–Kier alpha value is -1.82. The first-order valence-corrected chi connectivity index (χ1v) is 11.8. The predicted octanol–water partition coefficient (Wildman–Crippen LogP) is 5.13. The lowest BCUT2D eigenvalue weighted by Gasteiger charge is -2.37. The van der Waals surface area contributed by atoms with E-state index in [4.69, 9.17) is 13.9 Å². The van der Waals surface area contributed by atoms with Crippen LogP contribution in [0.4, 0.5) is 0 Å². The molecule has 1 aromatic carbocycles. The minimum Gasteiger partial charge on any atom is -0.542 e. The van der Waals surface area contributed by atoms with Gasteiger partial charge in [0.15, 0.2) is 12.1 Å². The maximum Gasteiger partial charge on any atom is 0.250 e. The standard InChI is InChI=1S/C20H32O5Si/c1-13(2)10-15(22)18-17(24-7)11-16(23-6)14(12-21)19(18)25-26(8,9)20(3,4)5/h11-13H,10H2,1-9H3. The molecule has 0 heterocycles. The van der Waals surface area contributed by atoms with Gasteiger partial charge in [0.2, 0.25) is 0 Å². The smallest absolute Gasteiger partial charge is 0.250 e. The molecule has 0 atom stereocenters. The Morgan fingerprint density at radius 3 is 2.08 bits per heavy atom. The molecule has 0 saturated heterocycles. The topological polar surface area (TPSA) is 61.8 Å². The Bertz CT molecular complexity index is 672. The monoisotopic (exact) mass is 380 g/mol. The quantitative estimate of drug-likeness (QED) is 0.355. The van der Waals surface area contributed by atoms with Gasteiger partial charge in [-0.3, -0.25) is 9.59 Å². The average molecular weight is 381 g/mol. The lowest BCUT2D eigenvalue weighted by atomic mass is 9.97. The summed E-state index contributed by atoms with van der Waals surface area (Å²) in [5, 5.41) is -0.0954. The van der Waals surface area contributed by atoms with E-state index in [-0.39, 0.29) is 28.1 Å². The van der Waals surface area contributed by atoms with E-state index in [1.165, 1.54) is 14.2 Å². The largest absolute Gasteiger partial charge is 0.542 e. The van der Waals surface area contributed by atoms with Gasteiger partial charge in [0.1, 0.15) is 22.8 Å². The number of aldehydes is 1. The van der Waals surface area contributed by atoms with E-state index < -0.39 is 8.32 Å². The minimum atomic E-state index is -2.30. The molecule has 0 unspecified atom stereocenters. The predicted molar refractivity (Wildman–Crippen MR) is 107 cm³/mol. The van der Waals surface area contributed by atoms with Crippen LogP contribution in [0.5, 0.6) is 17.2 Å². The van der Waals surface area contributed by atoms with E-state index in [1.807, 2.05) is 13.8 Å². The number of hydrogen-bond acceptors (Lipinski definition) is 5. The van der Waals surface area contributed by atoms with E-state index in [0.29, 0.717) is 29.8 Å². The van der Waals surface area contributed by atoms with Gasteiger partial charge < -0.3 is 13.9 Å². The van der Waals surface area contributed by atoms with Crippen LogP contribution in [0.2, 0.25) is 18.1 Å². The first-order valence-electron chi connectivity index (χ1n) is 8.86. The summed E-state index contributed by atoms with van der Waals surface area (Å²) < 4.78 is 17.2. The summed E-state index contributed by atoms with van der Waals surface area (Å²) in [5.74, 6) is 1.07. The number of benzene rings is 1. The molecule has 0 radical (unpaired) electrons. The number of carbonyl (C=O) groups excluding carboxylic acids is 2. The normalized spacial score (nSPS) is 12.1. The second kappa shape index (κ2) is 8.25. The summed E-state index contributed by atoms with van der Waals surface area (Å²) >= 11 is 0. The fraction of sp³-hybridized carbons (Fsp3) is 0.600. The molecule has 0 aliphatic carbocycles. The molecule has 0 N–H and O–H groups in total. The summed E-state index contributed by atoms with van der Waals surface area (Å²) in [4.78, 5) is 24.8. The summed E-state index contributed by atoms with van der Waals surface area (Å²) in [5.41, 5.74) is 0.583. The molecule has 0 saturated carbocycles. The number of ketones is 1. The van der Waals surface area contributed by atoms with Crippen molar-refractivity contribution >= 4 is 20.4 Å². The van der Waals surface area contributed by atoms with Gasteiger partial charge in [0, 0.05) is 12.5 Å². The van der Waals surface area contributed by atoms with E-state index in [2.05, 4.69) is 33.9 Å². The second-order valence-corrected chi connectivity index (χ2v) is 13.1. The zero-order valence-corrected chi connectivity index (χ0v) is 18.5. The Morgan fingerprint density at radius 1 is 1.15 bits per heavy atom. The molecule has 0 amide bonds. The number of methoxy groups -OCH3 is 2. The number of hydrogen-bond donors (Lipinski definition) is 0. The third-order valence-electron chi connectivity index (χ3n) is 4.84.